The van der Waals surface area contributed by atoms with Crippen LogP contribution in [0.3, 0.4) is 0 Å². The van der Waals surface area contributed by atoms with Gasteiger partial charge in [-0.15, -0.1) is 11.6 Å². The minimum Gasteiger partial charge on any atom is -0.353 e. The molecular weight excluding hydrogens is 214 g/mol. The van der Waals surface area contributed by atoms with Crippen molar-refractivity contribution < 1.29 is 4.79 Å². The molecule has 0 bridgehead atoms. The number of nitrogens with one attached hydrogen (secondary N) is 2. The van der Waals surface area contributed by atoms with E-state index in [0.29, 0.717) is 12.3 Å². The minimum absolute atomic E-state index is 0.0398. The number of H-pyrrole nitrogens is 1. The number of rotatable bonds is 3. The number of aromatic amines is 1. The van der Waals surface area contributed by atoms with E-state index in [1.807, 2.05) is 6.20 Å². The summed E-state index contributed by atoms with van der Waals surface area (Å²) in [5.41, 5.74) is 2.43. The predicted octanol–water partition coefficient (Wildman–Crippen LogP) is 1.01. The second-order valence-electron chi connectivity index (χ2n) is 3.82. The molecule has 1 aliphatic rings. The molecule has 5 heteroatoms. The van der Waals surface area contributed by atoms with E-state index in [-0.39, 0.29) is 11.9 Å². The Morgan fingerprint density at radius 1 is 1.73 bits per heavy atom. The Labute approximate surface area is 93.4 Å². The summed E-state index contributed by atoms with van der Waals surface area (Å²) in [7, 11) is 0. The molecule has 0 saturated carbocycles. The maximum Gasteiger partial charge on any atom is 0.221 e. The third-order valence-corrected chi connectivity index (χ3v) is 2.90. The van der Waals surface area contributed by atoms with Gasteiger partial charge >= 0.3 is 0 Å². The molecule has 0 aromatic carbocycles. The number of halogens is 1. The average Bonchev–Trinajstić information content (AvgIpc) is 2.65. The Balaban J connectivity index is 1.90. The number of nitrogens with zero attached hydrogens (tertiary/aromatic N) is 1. The van der Waals surface area contributed by atoms with Crippen LogP contribution in [0.5, 0.6) is 0 Å². The summed E-state index contributed by atoms with van der Waals surface area (Å²) in [6, 6.07) is 0.230. The van der Waals surface area contributed by atoms with Crippen LogP contribution >= 0.6 is 11.6 Å². The lowest BCUT2D eigenvalue weighted by Gasteiger charge is -2.22. The number of aromatic nitrogens is 2. The maximum atomic E-state index is 11.3. The zero-order chi connectivity index (χ0) is 10.7. The standard InChI is InChI=1S/C10H14ClN3O/c11-4-3-10(15)13-8-2-1-7-6-12-14-9(7)5-8/h6,8H,1-5H2,(H,12,14)(H,13,15). The van der Waals surface area contributed by atoms with Gasteiger partial charge in [0, 0.05) is 30.5 Å². The molecule has 1 aromatic heterocycles. The number of aryl methyl sites for hydroxylation is 1. The van der Waals surface area contributed by atoms with E-state index in [0.717, 1.165) is 25.0 Å². The first-order chi connectivity index (χ1) is 7.29. The van der Waals surface area contributed by atoms with Gasteiger partial charge in [-0.05, 0) is 18.4 Å². The van der Waals surface area contributed by atoms with Crippen LogP contribution in [-0.2, 0) is 17.6 Å². The number of hydrogen-bond acceptors (Lipinski definition) is 2. The van der Waals surface area contributed by atoms with Gasteiger partial charge in [0.1, 0.15) is 0 Å². The summed E-state index contributed by atoms with van der Waals surface area (Å²) < 4.78 is 0. The van der Waals surface area contributed by atoms with Gasteiger partial charge in [0.15, 0.2) is 0 Å². The molecule has 0 saturated heterocycles. The van der Waals surface area contributed by atoms with Crippen LogP contribution in [0.4, 0.5) is 0 Å². The van der Waals surface area contributed by atoms with E-state index in [1.54, 1.807) is 0 Å². The largest absolute Gasteiger partial charge is 0.353 e. The predicted molar refractivity (Wildman–Crippen MR) is 57.9 cm³/mol. The topological polar surface area (TPSA) is 57.8 Å². The Kier molecular flexibility index (Phi) is 3.26. The molecule has 0 spiro atoms. The van der Waals surface area contributed by atoms with Gasteiger partial charge in [0.05, 0.1) is 6.20 Å². The molecule has 1 atom stereocenters. The number of amides is 1. The molecule has 1 aromatic rings. The number of alkyl halides is 1. The van der Waals surface area contributed by atoms with Crippen LogP contribution in [0, 0.1) is 0 Å². The first-order valence-corrected chi connectivity index (χ1v) is 5.69. The average molecular weight is 228 g/mol. The monoisotopic (exact) mass is 227 g/mol. The highest BCUT2D eigenvalue weighted by Gasteiger charge is 2.20. The van der Waals surface area contributed by atoms with E-state index in [4.69, 9.17) is 11.6 Å². The number of carbonyl (C=O) groups excluding carboxylic acids is 1. The summed E-state index contributed by atoms with van der Waals surface area (Å²) in [6.45, 7) is 0. The van der Waals surface area contributed by atoms with E-state index < -0.39 is 0 Å². The summed E-state index contributed by atoms with van der Waals surface area (Å²) in [5.74, 6) is 0.423. The molecule has 1 unspecified atom stereocenters. The van der Waals surface area contributed by atoms with Crippen molar-refractivity contribution in [1.29, 1.82) is 0 Å². The van der Waals surface area contributed by atoms with Crippen molar-refractivity contribution in [3.05, 3.63) is 17.5 Å². The third kappa shape index (κ3) is 2.50. The van der Waals surface area contributed by atoms with Crippen LogP contribution in [0.15, 0.2) is 6.20 Å². The van der Waals surface area contributed by atoms with Crippen molar-refractivity contribution >= 4 is 17.5 Å². The first-order valence-electron chi connectivity index (χ1n) is 5.16. The fourth-order valence-electron chi connectivity index (χ4n) is 1.92. The van der Waals surface area contributed by atoms with Gasteiger partial charge in [-0.25, -0.2) is 0 Å². The fourth-order valence-corrected chi connectivity index (χ4v) is 2.09. The zero-order valence-corrected chi connectivity index (χ0v) is 9.18. The summed E-state index contributed by atoms with van der Waals surface area (Å²) in [5, 5.41) is 9.94. The van der Waals surface area contributed by atoms with Gasteiger partial charge in [0.2, 0.25) is 5.91 Å². The number of carbonyl (C=O) groups is 1. The van der Waals surface area contributed by atoms with Gasteiger partial charge in [-0.3, -0.25) is 9.89 Å². The van der Waals surface area contributed by atoms with Gasteiger partial charge in [0.25, 0.3) is 0 Å². The Morgan fingerprint density at radius 2 is 2.60 bits per heavy atom. The van der Waals surface area contributed by atoms with Crippen LogP contribution < -0.4 is 5.32 Å². The van der Waals surface area contributed by atoms with Crippen LogP contribution in [0.25, 0.3) is 0 Å². The number of hydrogen-bond donors (Lipinski definition) is 2. The fraction of sp³-hybridized carbons (Fsp3) is 0.600. The normalized spacial score (nSPS) is 19.7. The lowest BCUT2D eigenvalue weighted by atomic mass is 9.94. The third-order valence-electron chi connectivity index (χ3n) is 2.71. The lowest BCUT2D eigenvalue weighted by molar-refractivity contribution is -0.121. The summed E-state index contributed by atoms with van der Waals surface area (Å²) in [6.07, 6.45) is 5.08. The first kappa shape index (κ1) is 10.5. The van der Waals surface area contributed by atoms with Crippen molar-refractivity contribution in [2.75, 3.05) is 5.88 Å². The van der Waals surface area contributed by atoms with E-state index >= 15 is 0 Å². The van der Waals surface area contributed by atoms with Gasteiger partial charge in [-0.1, -0.05) is 0 Å². The molecule has 0 fully saturated rings. The van der Waals surface area contributed by atoms with E-state index in [2.05, 4.69) is 15.5 Å². The molecule has 15 heavy (non-hydrogen) atoms. The molecule has 1 aliphatic carbocycles. The molecule has 1 amide bonds. The summed E-state index contributed by atoms with van der Waals surface area (Å²) in [4.78, 5) is 11.3. The molecule has 2 N–H and O–H groups in total. The highest BCUT2D eigenvalue weighted by atomic mass is 35.5. The van der Waals surface area contributed by atoms with Crippen molar-refractivity contribution in [3.63, 3.8) is 0 Å². The second kappa shape index (κ2) is 4.66. The molecule has 2 rings (SSSR count). The SMILES string of the molecule is O=C(CCCl)NC1CCc2cn[nH]c2C1. The second-order valence-corrected chi connectivity index (χ2v) is 4.20. The maximum absolute atomic E-state index is 11.3. The zero-order valence-electron chi connectivity index (χ0n) is 8.42. The van der Waals surface area contributed by atoms with E-state index in [1.165, 1.54) is 5.56 Å². The van der Waals surface area contributed by atoms with Crippen molar-refractivity contribution in [2.24, 2.45) is 0 Å². The highest BCUT2D eigenvalue weighted by molar-refractivity contribution is 6.18. The molecule has 1 heterocycles. The molecule has 82 valence electrons. The van der Waals surface area contributed by atoms with Crippen molar-refractivity contribution in [1.82, 2.24) is 15.5 Å². The van der Waals surface area contributed by atoms with Gasteiger partial charge in [-0.2, -0.15) is 5.10 Å². The number of fused-ring (bicyclic) bond motifs is 1. The van der Waals surface area contributed by atoms with Crippen molar-refractivity contribution in [2.45, 2.75) is 31.7 Å². The van der Waals surface area contributed by atoms with Crippen molar-refractivity contribution in [3.8, 4) is 0 Å². The highest BCUT2D eigenvalue weighted by Crippen LogP contribution is 2.18. The Bertz CT molecular complexity index is 350. The molecule has 4 nitrogen and oxygen atoms in total. The smallest absolute Gasteiger partial charge is 0.221 e. The molecule has 0 radical (unpaired) electrons. The van der Waals surface area contributed by atoms with Crippen LogP contribution in [-0.4, -0.2) is 28.0 Å². The minimum atomic E-state index is 0.0398. The van der Waals surface area contributed by atoms with E-state index in [9.17, 15) is 4.79 Å². The van der Waals surface area contributed by atoms with Crippen LogP contribution in [0.1, 0.15) is 24.1 Å². The Hall–Kier alpha value is -1.03. The van der Waals surface area contributed by atoms with Crippen LogP contribution in [0.2, 0.25) is 0 Å². The summed E-state index contributed by atoms with van der Waals surface area (Å²) >= 11 is 5.50. The quantitative estimate of drug-likeness (QED) is 0.758. The van der Waals surface area contributed by atoms with Gasteiger partial charge < -0.3 is 5.32 Å². The lowest BCUT2D eigenvalue weighted by Crippen LogP contribution is -2.38. The molecular formula is C10H14ClN3O. The molecule has 0 aliphatic heterocycles. The Morgan fingerprint density at radius 3 is 3.40 bits per heavy atom.